The smallest absolute Gasteiger partial charge is 0.132 e. The largest absolute Gasteiger partial charge is 0.286 e. The van der Waals surface area contributed by atoms with Crippen molar-refractivity contribution in [3.63, 3.8) is 0 Å². The molecule has 0 bridgehead atoms. The number of halogens is 1. The van der Waals surface area contributed by atoms with Gasteiger partial charge in [0.15, 0.2) is 0 Å². The van der Waals surface area contributed by atoms with Crippen molar-refractivity contribution in [1.82, 2.24) is 0 Å². The lowest BCUT2D eigenvalue weighted by Gasteiger charge is -2.03. The summed E-state index contributed by atoms with van der Waals surface area (Å²) in [7, 11) is 0. The van der Waals surface area contributed by atoms with Gasteiger partial charge in [-0.2, -0.15) is 0 Å². The van der Waals surface area contributed by atoms with Gasteiger partial charge < -0.3 is 0 Å². The first-order valence-electron chi connectivity index (χ1n) is 3.08. The molecule has 0 aliphatic carbocycles. The van der Waals surface area contributed by atoms with Crippen LogP contribution < -0.4 is 0 Å². The van der Waals surface area contributed by atoms with Gasteiger partial charge in [-0.1, -0.05) is 15.9 Å². The summed E-state index contributed by atoms with van der Waals surface area (Å²) in [6.45, 7) is 3.33. The molecule has 1 saturated heterocycles. The highest BCUT2D eigenvalue weighted by Crippen LogP contribution is 2.37. The fraction of sp³-hybridized carbons (Fsp3) is 0.667. The fourth-order valence-corrected chi connectivity index (χ4v) is 3.05. The molecule has 0 radical (unpaired) electrons. The van der Waals surface area contributed by atoms with E-state index in [-0.39, 0.29) is 5.25 Å². The third-order valence-corrected chi connectivity index (χ3v) is 3.87. The third-order valence-electron chi connectivity index (χ3n) is 1.44. The molecule has 0 saturated carbocycles. The molecule has 1 heterocycles. The second-order valence-corrected chi connectivity index (χ2v) is 5.28. The van der Waals surface area contributed by atoms with Gasteiger partial charge in [-0.3, -0.25) is 5.41 Å². The number of thioether (sulfide) groups is 1. The van der Waals surface area contributed by atoms with Crippen LogP contribution in [0.1, 0.15) is 12.8 Å². The maximum atomic E-state index is 7.35. The molecule has 1 aliphatic heterocycles. The molecule has 0 aromatic heterocycles. The van der Waals surface area contributed by atoms with Crippen LogP contribution in [0.25, 0.3) is 0 Å². The van der Waals surface area contributed by atoms with Crippen LogP contribution >= 0.6 is 27.7 Å². The molecule has 0 amide bonds. The van der Waals surface area contributed by atoms with Gasteiger partial charge in [0.2, 0.25) is 0 Å². The summed E-state index contributed by atoms with van der Waals surface area (Å²) in [5.74, 6) is 0.423. The zero-order valence-electron chi connectivity index (χ0n) is 5.51. The maximum absolute atomic E-state index is 7.35. The van der Waals surface area contributed by atoms with Crippen LogP contribution in [0.2, 0.25) is 0 Å². The Morgan fingerprint density at radius 3 is 2.80 bits per heavy atom. The monoisotopic (exact) mass is 220 g/mol. The van der Waals surface area contributed by atoms with Gasteiger partial charge in [0, 0.05) is 0 Å². The Labute approximate surface area is 73.1 Å². The average Bonchev–Trinajstić information content (AvgIpc) is 2.34. The van der Waals surface area contributed by atoms with E-state index in [1.54, 1.807) is 11.8 Å². The Morgan fingerprint density at radius 1 is 1.70 bits per heavy atom. The lowest BCUT2D eigenvalue weighted by atomic mass is 10.2. The van der Waals surface area contributed by atoms with Crippen molar-refractivity contribution in [2.75, 3.05) is 0 Å². The minimum absolute atomic E-state index is 0.280. The highest BCUT2D eigenvalue weighted by molar-refractivity contribution is 9.11. The molecule has 56 valence electrons. The number of nitrogens with one attached hydrogen (secondary N) is 1. The van der Waals surface area contributed by atoms with E-state index in [2.05, 4.69) is 27.6 Å². The van der Waals surface area contributed by atoms with E-state index in [1.807, 2.05) is 0 Å². The normalized spacial score (nSPS) is 32.1. The van der Waals surface area contributed by atoms with Crippen LogP contribution in [0.5, 0.6) is 0 Å². The minimum atomic E-state index is 0.280. The van der Waals surface area contributed by atoms with Crippen molar-refractivity contribution < 1.29 is 0 Å². The molecule has 10 heavy (non-hydrogen) atoms. The van der Waals surface area contributed by atoms with Crippen LogP contribution in [-0.4, -0.2) is 22.0 Å². The van der Waals surface area contributed by atoms with Crippen molar-refractivity contribution in [2.45, 2.75) is 22.3 Å². The van der Waals surface area contributed by atoms with Crippen molar-refractivity contribution in [3.05, 3.63) is 0 Å². The van der Waals surface area contributed by atoms with Gasteiger partial charge >= 0.3 is 0 Å². The summed E-state index contributed by atoms with van der Waals surface area (Å²) in [4.78, 5) is 3.60. The van der Waals surface area contributed by atoms with Gasteiger partial charge in [0.05, 0.1) is 9.41 Å². The molecule has 1 rings (SSSR count). The maximum Gasteiger partial charge on any atom is 0.132 e. The Balaban J connectivity index is 2.44. The van der Waals surface area contributed by atoms with Crippen molar-refractivity contribution in [1.29, 1.82) is 5.41 Å². The molecule has 2 atom stereocenters. The van der Waals surface area contributed by atoms with Crippen molar-refractivity contribution in [3.8, 4) is 0 Å². The quantitative estimate of drug-likeness (QED) is 0.411. The lowest BCUT2D eigenvalue weighted by Crippen LogP contribution is -2.08. The number of alkyl halides is 1. The SMILES string of the molecule is C=NC(=N)C1CCC(Br)S1. The Kier molecular flexibility index (Phi) is 2.92. The topological polar surface area (TPSA) is 36.2 Å². The van der Waals surface area contributed by atoms with E-state index < -0.39 is 0 Å². The molecule has 0 spiro atoms. The van der Waals surface area contributed by atoms with Gasteiger partial charge in [-0.05, 0) is 19.6 Å². The first kappa shape index (κ1) is 8.27. The molecule has 0 aromatic rings. The molecule has 1 fully saturated rings. The molecule has 1 N–H and O–H groups in total. The van der Waals surface area contributed by atoms with Gasteiger partial charge in [-0.25, -0.2) is 4.99 Å². The highest BCUT2D eigenvalue weighted by Gasteiger charge is 2.25. The van der Waals surface area contributed by atoms with Crippen molar-refractivity contribution in [2.24, 2.45) is 4.99 Å². The molecule has 0 aromatic carbocycles. The highest BCUT2D eigenvalue weighted by atomic mass is 79.9. The van der Waals surface area contributed by atoms with Gasteiger partial charge in [0.1, 0.15) is 5.84 Å². The summed E-state index contributed by atoms with van der Waals surface area (Å²) >= 11 is 5.24. The van der Waals surface area contributed by atoms with Gasteiger partial charge in [-0.15, -0.1) is 11.8 Å². The van der Waals surface area contributed by atoms with E-state index in [4.69, 9.17) is 5.41 Å². The van der Waals surface area contributed by atoms with Crippen LogP contribution in [0.3, 0.4) is 0 Å². The summed E-state index contributed by atoms with van der Waals surface area (Å²) in [5, 5.41) is 7.63. The predicted molar refractivity (Wildman–Crippen MR) is 50.6 cm³/mol. The van der Waals surface area contributed by atoms with Gasteiger partial charge in [0.25, 0.3) is 0 Å². The number of rotatable bonds is 1. The zero-order chi connectivity index (χ0) is 7.56. The Hall–Kier alpha value is 0.170. The lowest BCUT2D eigenvalue weighted by molar-refractivity contribution is 0.879. The van der Waals surface area contributed by atoms with Crippen LogP contribution in [0.4, 0.5) is 0 Å². The van der Waals surface area contributed by atoms with E-state index in [1.165, 1.54) is 0 Å². The number of hydrogen-bond donors (Lipinski definition) is 1. The molecule has 4 heteroatoms. The molecule has 2 nitrogen and oxygen atoms in total. The number of nitrogens with zero attached hydrogens (tertiary/aromatic N) is 1. The van der Waals surface area contributed by atoms with E-state index in [0.717, 1.165) is 12.8 Å². The standard InChI is InChI=1S/C6H9BrN2S/c1-9-6(8)4-2-3-5(7)10-4/h4-5,8H,1-3H2. The predicted octanol–water partition coefficient (Wildman–Crippen LogP) is 2.28. The number of amidine groups is 1. The fourth-order valence-electron chi connectivity index (χ4n) is 0.900. The van der Waals surface area contributed by atoms with Crippen LogP contribution in [-0.2, 0) is 0 Å². The Bertz CT molecular complexity index is 160. The van der Waals surface area contributed by atoms with E-state index in [9.17, 15) is 0 Å². The first-order valence-corrected chi connectivity index (χ1v) is 4.94. The molecule has 2 unspecified atom stereocenters. The minimum Gasteiger partial charge on any atom is -0.286 e. The second kappa shape index (κ2) is 3.53. The van der Waals surface area contributed by atoms with E-state index >= 15 is 0 Å². The molecular weight excluding hydrogens is 212 g/mol. The number of hydrogen-bond acceptors (Lipinski definition) is 2. The molecular formula is C6H9BrN2S. The third kappa shape index (κ3) is 1.83. The van der Waals surface area contributed by atoms with Crippen LogP contribution in [0, 0.1) is 5.41 Å². The summed E-state index contributed by atoms with van der Waals surface area (Å²) < 4.78 is 0.514. The van der Waals surface area contributed by atoms with E-state index in [0.29, 0.717) is 9.99 Å². The molecule has 1 aliphatic rings. The average molecular weight is 221 g/mol. The Morgan fingerprint density at radius 2 is 2.40 bits per heavy atom. The van der Waals surface area contributed by atoms with Crippen LogP contribution in [0.15, 0.2) is 4.99 Å². The first-order chi connectivity index (χ1) is 4.74. The second-order valence-electron chi connectivity index (χ2n) is 2.16. The summed E-state index contributed by atoms with van der Waals surface area (Å²) in [6.07, 6.45) is 2.19. The number of aliphatic imine (C=N–C) groups is 1. The van der Waals surface area contributed by atoms with Crippen molar-refractivity contribution >= 4 is 40.2 Å². The zero-order valence-corrected chi connectivity index (χ0v) is 7.91. The summed E-state index contributed by atoms with van der Waals surface area (Å²) in [6, 6.07) is 0. The summed E-state index contributed by atoms with van der Waals surface area (Å²) in [5.41, 5.74) is 0.